The minimum atomic E-state index is 0.908. The number of nitrogens with one attached hydrogen (secondary N) is 2. The predicted molar refractivity (Wildman–Crippen MR) is 78.4 cm³/mol. The van der Waals surface area contributed by atoms with Gasteiger partial charge in [-0.15, -0.1) is 22.7 Å². The van der Waals surface area contributed by atoms with Gasteiger partial charge in [-0.2, -0.15) is 0 Å². The minimum Gasteiger partial charge on any atom is -0.344 e. The zero-order valence-electron chi connectivity index (χ0n) is 10.1. The highest BCUT2D eigenvalue weighted by Gasteiger charge is 2.12. The lowest BCUT2D eigenvalue weighted by Crippen LogP contribution is -1.68. The molecule has 0 unspecified atom stereocenters. The number of rotatable bonds is 3. The maximum absolute atomic E-state index is 4.43. The topological polar surface area (TPSA) is 83.1 Å². The summed E-state index contributed by atoms with van der Waals surface area (Å²) in [5.74, 6) is 0. The Morgan fingerprint density at radius 2 is 1.20 bits per heavy atom. The van der Waals surface area contributed by atoms with E-state index in [1.165, 1.54) is 0 Å². The van der Waals surface area contributed by atoms with Crippen molar-refractivity contribution in [1.29, 1.82) is 0 Å². The Hall–Kier alpha value is -2.32. The first-order valence-corrected chi connectivity index (χ1v) is 7.43. The van der Waals surface area contributed by atoms with E-state index in [0.717, 1.165) is 31.2 Å². The van der Waals surface area contributed by atoms with Gasteiger partial charge in [-0.1, -0.05) is 0 Å². The van der Waals surface area contributed by atoms with Crippen molar-refractivity contribution >= 4 is 22.7 Å². The molecule has 4 aromatic rings. The zero-order valence-corrected chi connectivity index (χ0v) is 11.7. The number of imidazole rings is 2. The Balaban J connectivity index is 1.68. The lowest BCUT2D eigenvalue weighted by Gasteiger charge is -1.88. The maximum atomic E-state index is 4.43. The molecule has 0 bridgehead atoms. The molecule has 0 saturated carbocycles. The zero-order chi connectivity index (χ0) is 13.4. The maximum Gasteiger partial charge on any atom is 0.152 e. The highest BCUT2D eigenvalue weighted by Crippen LogP contribution is 2.35. The Morgan fingerprint density at radius 1 is 0.700 bits per heavy atom. The SMILES string of the molecule is c1ncc(-c2cnc(-c3ncc(-c4cnc[nH]4)s3)s2)[nH]1. The predicted octanol–water partition coefficient (Wildman–Crippen LogP) is 3.05. The van der Waals surface area contributed by atoms with Crippen molar-refractivity contribution in [3.05, 3.63) is 37.4 Å². The Morgan fingerprint density at radius 3 is 1.60 bits per heavy atom. The molecule has 0 atom stereocenters. The van der Waals surface area contributed by atoms with E-state index in [1.54, 1.807) is 47.7 Å². The van der Waals surface area contributed by atoms with Gasteiger partial charge >= 0.3 is 0 Å². The van der Waals surface area contributed by atoms with Crippen molar-refractivity contribution in [3.63, 3.8) is 0 Å². The third kappa shape index (κ3) is 1.95. The molecule has 0 aliphatic heterocycles. The summed E-state index contributed by atoms with van der Waals surface area (Å²) in [6.07, 6.45) is 10.6. The summed E-state index contributed by atoms with van der Waals surface area (Å²) in [7, 11) is 0. The molecular weight excluding hydrogens is 292 g/mol. The number of thiazole rings is 2. The summed E-state index contributed by atoms with van der Waals surface area (Å²) in [6.45, 7) is 0. The third-order valence-corrected chi connectivity index (χ3v) is 4.93. The molecule has 0 saturated heterocycles. The molecule has 0 amide bonds. The van der Waals surface area contributed by atoms with Gasteiger partial charge in [0.25, 0.3) is 0 Å². The largest absolute Gasteiger partial charge is 0.344 e. The lowest BCUT2D eigenvalue weighted by molar-refractivity contribution is 1.31. The second-order valence-corrected chi connectivity index (χ2v) is 6.05. The van der Waals surface area contributed by atoms with E-state index in [9.17, 15) is 0 Å². The van der Waals surface area contributed by atoms with Crippen LogP contribution >= 0.6 is 22.7 Å². The monoisotopic (exact) mass is 300 g/mol. The summed E-state index contributed by atoms with van der Waals surface area (Å²) in [5.41, 5.74) is 1.94. The van der Waals surface area contributed by atoms with Crippen molar-refractivity contribution in [3.8, 4) is 31.2 Å². The van der Waals surface area contributed by atoms with E-state index in [-0.39, 0.29) is 0 Å². The molecule has 4 aromatic heterocycles. The average molecular weight is 300 g/mol. The molecule has 4 heterocycles. The number of H-pyrrole nitrogens is 2. The molecule has 0 aromatic carbocycles. The average Bonchev–Trinajstić information content (AvgIpc) is 3.22. The minimum absolute atomic E-state index is 0.908. The standard InChI is InChI=1S/C12H8N6S2/c1-7(17-5-13-1)9-3-15-11(19-9)12-16-4-10(20-12)8-2-14-6-18-8/h1-6H,(H,13,17)(H,14,18). The van der Waals surface area contributed by atoms with Crippen LogP contribution < -0.4 is 0 Å². The number of hydrogen-bond donors (Lipinski definition) is 2. The first-order valence-electron chi connectivity index (χ1n) is 5.79. The summed E-state index contributed by atoms with van der Waals surface area (Å²) in [6, 6.07) is 0. The number of hydrogen-bond acceptors (Lipinski definition) is 6. The molecule has 98 valence electrons. The molecule has 4 rings (SSSR count). The first-order chi connectivity index (χ1) is 9.90. The van der Waals surface area contributed by atoms with E-state index in [2.05, 4.69) is 29.9 Å². The van der Waals surface area contributed by atoms with Gasteiger partial charge < -0.3 is 9.97 Å². The fraction of sp³-hybridized carbons (Fsp3) is 0. The lowest BCUT2D eigenvalue weighted by atomic mass is 10.4. The van der Waals surface area contributed by atoms with Crippen molar-refractivity contribution in [2.24, 2.45) is 0 Å². The van der Waals surface area contributed by atoms with Crippen LogP contribution in [0.15, 0.2) is 37.4 Å². The smallest absolute Gasteiger partial charge is 0.152 e. The Labute approximate surface area is 121 Å². The normalized spacial score (nSPS) is 11.0. The molecule has 0 aliphatic carbocycles. The van der Waals surface area contributed by atoms with Crippen LogP contribution in [-0.4, -0.2) is 29.9 Å². The highest BCUT2D eigenvalue weighted by atomic mass is 32.1. The van der Waals surface area contributed by atoms with Crippen LogP contribution in [0.25, 0.3) is 31.2 Å². The third-order valence-electron chi connectivity index (χ3n) is 2.72. The summed E-state index contributed by atoms with van der Waals surface area (Å²) in [5, 5.41) is 1.82. The van der Waals surface area contributed by atoms with Crippen molar-refractivity contribution in [1.82, 2.24) is 29.9 Å². The van der Waals surface area contributed by atoms with Crippen LogP contribution in [0.3, 0.4) is 0 Å². The summed E-state index contributed by atoms with van der Waals surface area (Å²) >= 11 is 3.19. The fourth-order valence-electron chi connectivity index (χ4n) is 1.78. The van der Waals surface area contributed by atoms with Crippen LogP contribution in [-0.2, 0) is 0 Å². The molecule has 20 heavy (non-hydrogen) atoms. The molecule has 0 radical (unpaired) electrons. The molecule has 0 aliphatic rings. The van der Waals surface area contributed by atoms with Crippen molar-refractivity contribution < 1.29 is 0 Å². The van der Waals surface area contributed by atoms with Gasteiger partial charge in [0.2, 0.25) is 0 Å². The van der Waals surface area contributed by atoms with E-state index < -0.39 is 0 Å². The van der Waals surface area contributed by atoms with E-state index in [0.29, 0.717) is 0 Å². The van der Waals surface area contributed by atoms with Gasteiger partial charge in [0.15, 0.2) is 10.0 Å². The second-order valence-electron chi connectivity index (χ2n) is 3.99. The molecular formula is C12H8N6S2. The molecule has 6 nitrogen and oxygen atoms in total. The van der Waals surface area contributed by atoms with E-state index in [1.807, 2.05) is 12.4 Å². The number of aromatic amines is 2. The van der Waals surface area contributed by atoms with Crippen LogP contribution in [0.2, 0.25) is 0 Å². The van der Waals surface area contributed by atoms with Crippen LogP contribution in [0.1, 0.15) is 0 Å². The molecule has 2 N–H and O–H groups in total. The van der Waals surface area contributed by atoms with Gasteiger partial charge in [-0.25, -0.2) is 19.9 Å². The van der Waals surface area contributed by atoms with Crippen molar-refractivity contribution in [2.45, 2.75) is 0 Å². The Bertz CT molecular complexity index is 742. The van der Waals surface area contributed by atoms with Crippen LogP contribution in [0.4, 0.5) is 0 Å². The first kappa shape index (κ1) is 11.5. The second kappa shape index (κ2) is 4.66. The van der Waals surface area contributed by atoms with Gasteiger partial charge in [-0.05, 0) is 0 Å². The Kier molecular flexibility index (Phi) is 2.68. The number of nitrogens with zero attached hydrogens (tertiary/aromatic N) is 4. The fourth-order valence-corrected chi connectivity index (χ4v) is 3.59. The van der Waals surface area contributed by atoms with Crippen LogP contribution in [0, 0.1) is 0 Å². The van der Waals surface area contributed by atoms with Gasteiger partial charge in [-0.3, -0.25) is 0 Å². The molecule has 0 spiro atoms. The molecule has 8 heteroatoms. The quantitative estimate of drug-likeness (QED) is 0.609. The summed E-state index contributed by atoms with van der Waals surface area (Å²) < 4.78 is 0. The molecule has 0 fully saturated rings. The van der Waals surface area contributed by atoms with Gasteiger partial charge in [0.1, 0.15) is 0 Å². The van der Waals surface area contributed by atoms with Crippen LogP contribution in [0.5, 0.6) is 0 Å². The highest BCUT2D eigenvalue weighted by molar-refractivity contribution is 7.24. The number of aromatic nitrogens is 6. The van der Waals surface area contributed by atoms with E-state index >= 15 is 0 Å². The summed E-state index contributed by atoms with van der Waals surface area (Å²) in [4.78, 5) is 25.1. The van der Waals surface area contributed by atoms with Gasteiger partial charge in [0, 0.05) is 12.4 Å². The van der Waals surface area contributed by atoms with Gasteiger partial charge in [0.05, 0.1) is 46.2 Å². The van der Waals surface area contributed by atoms with E-state index in [4.69, 9.17) is 0 Å². The van der Waals surface area contributed by atoms with Crippen molar-refractivity contribution in [2.75, 3.05) is 0 Å².